The van der Waals surface area contributed by atoms with E-state index < -0.39 is 11.3 Å². The van der Waals surface area contributed by atoms with E-state index in [0.717, 1.165) is 24.0 Å². The summed E-state index contributed by atoms with van der Waals surface area (Å²) in [5.74, 6) is 1.56. The maximum Gasteiger partial charge on any atom is 0.223 e. The largest absolute Gasteiger partial charge is 0.377 e. The highest BCUT2D eigenvalue weighted by molar-refractivity contribution is 5.78. The van der Waals surface area contributed by atoms with E-state index >= 15 is 0 Å². The lowest BCUT2D eigenvalue weighted by Crippen LogP contribution is -2.50. The summed E-state index contributed by atoms with van der Waals surface area (Å²) < 4.78 is 12.5. The molecule has 0 radical (unpaired) electrons. The predicted molar refractivity (Wildman–Crippen MR) is 151 cm³/mol. The quantitative estimate of drug-likeness (QED) is 0.192. The van der Waals surface area contributed by atoms with Crippen molar-refractivity contribution in [1.29, 1.82) is 0 Å². The van der Waals surface area contributed by atoms with Gasteiger partial charge in [-0.05, 0) is 71.3 Å². The van der Waals surface area contributed by atoms with E-state index in [9.17, 15) is 9.59 Å². The van der Waals surface area contributed by atoms with Gasteiger partial charge in [-0.25, -0.2) is 4.79 Å². The van der Waals surface area contributed by atoms with Crippen LogP contribution in [0.1, 0.15) is 79.7 Å². The third-order valence-electron chi connectivity index (χ3n) is 6.78. The van der Waals surface area contributed by atoms with Crippen molar-refractivity contribution in [2.45, 2.75) is 104 Å². The molecule has 0 bridgehead atoms. The van der Waals surface area contributed by atoms with Gasteiger partial charge in [-0.1, -0.05) is 49.8 Å². The number of nitrogens with zero attached hydrogens (tertiary/aromatic N) is 1. The third-order valence-corrected chi connectivity index (χ3v) is 6.78. The fourth-order valence-electron chi connectivity index (χ4n) is 4.97. The first-order valence-corrected chi connectivity index (χ1v) is 13.6. The average molecular weight is 529 g/mol. The molecule has 0 aromatic heterocycles. The molecule has 0 spiro atoms. The van der Waals surface area contributed by atoms with Crippen molar-refractivity contribution in [3.05, 3.63) is 54.1 Å². The van der Waals surface area contributed by atoms with Crippen LogP contribution in [0.4, 0.5) is 0 Å². The molecule has 1 saturated heterocycles. The number of ether oxygens (including phenoxy) is 2. The summed E-state index contributed by atoms with van der Waals surface area (Å²) in [6, 6.07) is 9.93. The number of nitrogens with one attached hydrogen (secondary N) is 1. The molecular weight excluding hydrogens is 480 g/mol. The number of rotatable bonds is 14. The van der Waals surface area contributed by atoms with Gasteiger partial charge in [0.15, 0.2) is 5.72 Å². The Morgan fingerprint density at radius 2 is 1.92 bits per heavy atom. The van der Waals surface area contributed by atoms with Crippen molar-refractivity contribution >= 4 is 11.8 Å². The van der Waals surface area contributed by atoms with E-state index in [1.807, 2.05) is 63.8 Å². The minimum Gasteiger partial charge on any atom is -0.377 e. The Kier molecular flexibility index (Phi) is 11.5. The number of allylic oxidation sites excluding steroid dienone is 1. The molecule has 1 aromatic rings. The third kappa shape index (κ3) is 9.79. The molecule has 1 heterocycles. The van der Waals surface area contributed by atoms with Crippen LogP contribution in [-0.4, -0.2) is 54.0 Å². The topological polar surface area (TPSA) is 77.1 Å². The Morgan fingerprint density at radius 3 is 2.47 bits per heavy atom. The smallest absolute Gasteiger partial charge is 0.223 e. The van der Waals surface area contributed by atoms with Gasteiger partial charge in [0.1, 0.15) is 5.94 Å². The van der Waals surface area contributed by atoms with Crippen LogP contribution in [-0.2, 0) is 30.5 Å². The highest BCUT2D eigenvalue weighted by Gasteiger charge is 2.53. The molecule has 1 N–H and O–H groups in total. The highest BCUT2D eigenvalue weighted by Crippen LogP contribution is 2.43. The van der Waals surface area contributed by atoms with Crippen LogP contribution >= 0.6 is 0 Å². The van der Waals surface area contributed by atoms with Gasteiger partial charge in [-0.3, -0.25) is 9.63 Å². The van der Waals surface area contributed by atoms with Gasteiger partial charge in [0.05, 0.1) is 24.4 Å². The summed E-state index contributed by atoms with van der Waals surface area (Å²) in [5.41, 5.74) is 0.321. The van der Waals surface area contributed by atoms with Gasteiger partial charge in [-0.15, -0.1) is 11.6 Å². The zero-order valence-corrected chi connectivity index (χ0v) is 24.6. The zero-order valence-electron chi connectivity index (χ0n) is 24.6. The predicted octanol–water partition coefficient (Wildman–Crippen LogP) is 5.63. The standard InChI is InChI=1S/C31H48N2O5/c1-23(2)19-25(28(35)32-9)20-27-26(33(38-29(3,4)5)31(8,37-27)15-17-34)21-30(6,7)16-18-36-22-24-13-11-10-12-14-24/h10-15,25-27H,1,16,18-22H2,2-9H3,(H,32,35)/t25-,26+,27+,31?/m1/s1. The Balaban J connectivity index is 2.28. The molecule has 1 amide bonds. The molecule has 7 heteroatoms. The van der Waals surface area contributed by atoms with E-state index in [2.05, 4.69) is 37.9 Å². The molecule has 1 fully saturated rings. The summed E-state index contributed by atoms with van der Waals surface area (Å²) >= 11 is 0. The first kappa shape index (κ1) is 31.9. The van der Waals surface area contributed by atoms with Crippen LogP contribution < -0.4 is 5.32 Å². The van der Waals surface area contributed by atoms with Crippen LogP contribution in [0.15, 0.2) is 48.6 Å². The number of benzene rings is 1. The molecule has 2 rings (SSSR count). The molecule has 7 nitrogen and oxygen atoms in total. The van der Waals surface area contributed by atoms with E-state index in [4.69, 9.17) is 14.3 Å². The Labute approximate surface area is 229 Å². The van der Waals surface area contributed by atoms with Crippen molar-refractivity contribution in [2.24, 2.45) is 11.3 Å². The van der Waals surface area contributed by atoms with Crippen LogP contribution in [0.2, 0.25) is 0 Å². The van der Waals surface area contributed by atoms with Gasteiger partial charge in [0.25, 0.3) is 0 Å². The second-order valence-corrected chi connectivity index (χ2v) is 12.4. The molecule has 1 aromatic carbocycles. The summed E-state index contributed by atoms with van der Waals surface area (Å²) in [5, 5.41) is 4.60. The Bertz CT molecular complexity index is 964. The average Bonchev–Trinajstić information content (AvgIpc) is 3.05. The minimum atomic E-state index is -1.11. The number of hydrogen-bond donors (Lipinski definition) is 1. The van der Waals surface area contributed by atoms with Crippen molar-refractivity contribution in [3.63, 3.8) is 0 Å². The second kappa shape index (κ2) is 13.7. The van der Waals surface area contributed by atoms with Crippen LogP contribution in [0, 0.1) is 11.3 Å². The molecule has 0 saturated carbocycles. The molecule has 212 valence electrons. The highest BCUT2D eigenvalue weighted by atomic mass is 16.7. The fraction of sp³-hybridized carbons (Fsp3) is 0.645. The molecule has 1 aliphatic heterocycles. The summed E-state index contributed by atoms with van der Waals surface area (Å²) in [7, 11) is 1.65. The maximum atomic E-state index is 12.8. The lowest BCUT2D eigenvalue weighted by molar-refractivity contribution is -0.296. The van der Waals surface area contributed by atoms with Gasteiger partial charge in [0, 0.05) is 25.6 Å². The number of hydrogen-bond acceptors (Lipinski definition) is 6. The first-order valence-electron chi connectivity index (χ1n) is 13.6. The molecule has 1 aliphatic rings. The number of hydroxylamine groups is 2. The molecule has 0 aliphatic carbocycles. The zero-order chi connectivity index (χ0) is 28.6. The van der Waals surface area contributed by atoms with Crippen LogP contribution in [0.25, 0.3) is 0 Å². The van der Waals surface area contributed by atoms with Crippen molar-refractivity contribution < 1.29 is 23.9 Å². The second-order valence-electron chi connectivity index (χ2n) is 12.4. The SMILES string of the molecule is C=C(C)C[C@H](C[C@@H]1OC(C)(C=C=O)N(OC(C)(C)C)[C@H]1CC(C)(C)CCOCc1ccccc1)C(=O)NC. The molecule has 4 atom stereocenters. The first-order chi connectivity index (χ1) is 17.7. The normalized spacial score (nSPS) is 23.1. The summed E-state index contributed by atoms with van der Waals surface area (Å²) in [4.78, 5) is 30.8. The van der Waals surface area contributed by atoms with Crippen molar-refractivity contribution in [3.8, 4) is 0 Å². The lowest BCUT2D eigenvalue weighted by atomic mass is 9.79. The van der Waals surface area contributed by atoms with E-state index in [-0.39, 0.29) is 29.4 Å². The van der Waals surface area contributed by atoms with E-state index in [1.165, 1.54) is 6.08 Å². The number of carbonyl (C=O) groups excluding carboxylic acids is 2. The van der Waals surface area contributed by atoms with E-state index in [1.54, 1.807) is 7.05 Å². The van der Waals surface area contributed by atoms with Crippen molar-refractivity contribution in [2.75, 3.05) is 13.7 Å². The number of carbonyl (C=O) groups is 1. The fourth-order valence-corrected chi connectivity index (χ4v) is 4.97. The summed E-state index contributed by atoms with van der Waals surface area (Å²) in [6.07, 6.45) is 3.61. The minimum absolute atomic E-state index is 0.0493. The maximum absolute atomic E-state index is 12.8. The Hall–Kier alpha value is -2.28. The number of amides is 1. The molecule has 38 heavy (non-hydrogen) atoms. The monoisotopic (exact) mass is 528 g/mol. The molecular formula is C31H48N2O5. The summed E-state index contributed by atoms with van der Waals surface area (Å²) in [6.45, 7) is 19.3. The Morgan fingerprint density at radius 1 is 1.26 bits per heavy atom. The van der Waals surface area contributed by atoms with Gasteiger partial charge in [0.2, 0.25) is 5.91 Å². The van der Waals surface area contributed by atoms with Crippen molar-refractivity contribution in [1.82, 2.24) is 10.4 Å². The molecule has 1 unspecified atom stereocenters. The van der Waals surface area contributed by atoms with Gasteiger partial charge in [-0.2, -0.15) is 0 Å². The lowest BCUT2D eigenvalue weighted by Gasteiger charge is -2.40. The van der Waals surface area contributed by atoms with Gasteiger partial charge < -0.3 is 14.8 Å². The van der Waals surface area contributed by atoms with Crippen LogP contribution in [0.3, 0.4) is 0 Å². The van der Waals surface area contributed by atoms with Crippen LogP contribution in [0.5, 0.6) is 0 Å². The van der Waals surface area contributed by atoms with E-state index in [0.29, 0.717) is 26.1 Å². The van der Waals surface area contributed by atoms with Gasteiger partial charge >= 0.3 is 0 Å².